The van der Waals surface area contributed by atoms with Gasteiger partial charge in [0.2, 0.25) is 12.3 Å². The van der Waals surface area contributed by atoms with Gasteiger partial charge in [-0.15, -0.1) is 0 Å². The van der Waals surface area contributed by atoms with Crippen LogP contribution in [-0.2, 0) is 19.8 Å². The Morgan fingerprint density at radius 1 is 1.27 bits per heavy atom. The number of hydrogen-bond acceptors (Lipinski definition) is 4. The molecule has 0 bridgehead atoms. The van der Waals surface area contributed by atoms with E-state index in [9.17, 15) is 23.6 Å². The van der Waals surface area contributed by atoms with Gasteiger partial charge in [-0.05, 0) is 42.0 Å². The molecule has 0 spiro atoms. The maximum atomic E-state index is 14.3. The molecule has 7 heteroatoms. The molecule has 0 heterocycles. The van der Waals surface area contributed by atoms with E-state index in [0.29, 0.717) is 17.4 Å². The largest absolute Gasteiger partial charge is 0.357 e. The Bertz CT molecular complexity index is 710. The van der Waals surface area contributed by atoms with Crippen molar-refractivity contribution in [3.8, 4) is 0 Å². The summed E-state index contributed by atoms with van der Waals surface area (Å²) in [5.41, 5.74) is 0.291. The average Bonchev–Trinajstić information content (AvgIpc) is 2.56. The van der Waals surface area contributed by atoms with E-state index < -0.39 is 29.1 Å². The van der Waals surface area contributed by atoms with Gasteiger partial charge in [-0.25, -0.2) is 4.39 Å². The second-order valence-corrected chi connectivity index (χ2v) is 7.09. The highest BCUT2D eigenvalue weighted by Crippen LogP contribution is 2.28. The van der Waals surface area contributed by atoms with Crippen molar-refractivity contribution in [2.24, 2.45) is 0 Å². The van der Waals surface area contributed by atoms with Crippen molar-refractivity contribution in [1.82, 2.24) is 10.2 Å². The number of benzene rings is 1. The van der Waals surface area contributed by atoms with Crippen molar-refractivity contribution < 1.29 is 23.6 Å². The van der Waals surface area contributed by atoms with Crippen molar-refractivity contribution in [2.75, 3.05) is 7.05 Å². The number of carbonyl (C=O) groups is 4. The first kappa shape index (κ1) is 21.5. The molecule has 6 nitrogen and oxygen atoms in total. The number of aldehydes is 1. The molecule has 3 amide bonds. The van der Waals surface area contributed by atoms with Crippen LogP contribution in [0.4, 0.5) is 4.39 Å². The Labute approximate surface area is 152 Å². The van der Waals surface area contributed by atoms with Crippen molar-refractivity contribution in [3.05, 3.63) is 34.6 Å². The standard InChI is InChI=1S/C19H25FN2O4/c1-12-9-15(20)14(19(2,3)4)10-13(12)18(26)22(11-24)16(7-6-8-23)17(25)21-5/h8-11,16H,6-7H2,1-5H3,(H,21,25). The predicted molar refractivity (Wildman–Crippen MR) is 95.2 cm³/mol. The molecule has 26 heavy (non-hydrogen) atoms. The van der Waals surface area contributed by atoms with Gasteiger partial charge in [-0.2, -0.15) is 0 Å². The van der Waals surface area contributed by atoms with Crippen LogP contribution in [0.25, 0.3) is 0 Å². The fraction of sp³-hybridized carbons (Fsp3) is 0.474. The quantitative estimate of drug-likeness (QED) is 0.751. The maximum Gasteiger partial charge on any atom is 0.261 e. The Hall–Kier alpha value is -2.57. The van der Waals surface area contributed by atoms with Crippen LogP contribution in [-0.4, -0.2) is 42.5 Å². The van der Waals surface area contributed by atoms with E-state index in [1.54, 1.807) is 6.92 Å². The Balaban J connectivity index is 3.39. The fourth-order valence-electron chi connectivity index (χ4n) is 2.67. The molecule has 1 atom stereocenters. The van der Waals surface area contributed by atoms with Crippen LogP contribution in [0.2, 0.25) is 0 Å². The van der Waals surface area contributed by atoms with Crippen LogP contribution in [0, 0.1) is 12.7 Å². The molecule has 1 aromatic carbocycles. The van der Waals surface area contributed by atoms with E-state index in [0.717, 1.165) is 4.90 Å². The van der Waals surface area contributed by atoms with E-state index >= 15 is 0 Å². The lowest BCUT2D eigenvalue weighted by Crippen LogP contribution is -2.48. The third kappa shape index (κ3) is 4.74. The topological polar surface area (TPSA) is 83.6 Å². The fourth-order valence-corrected chi connectivity index (χ4v) is 2.67. The molecule has 0 aliphatic heterocycles. The number of aryl methyl sites for hydroxylation is 1. The van der Waals surface area contributed by atoms with Crippen LogP contribution in [0.5, 0.6) is 0 Å². The van der Waals surface area contributed by atoms with Crippen molar-refractivity contribution in [1.29, 1.82) is 0 Å². The van der Waals surface area contributed by atoms with E-state index in [-0.39, 0.29) is 24.8 Å². The number of hydrogen-bond donors (Lipinski definition) is 1. The third-order valence-electron chi connectivity index (χ3n) is 4.14. The molecule has 1 unspecified atom stereocenters. The van der Waals surface area contributed by atoms with Gasteiger partial charge in [0.05, 0.1) is 0 Å². The highest BCUT2D eigenvalue weighted by molar-refractivity contribution is 6.04. The minimum absolute atomic E-state index is 0.0139. The van der Waals surface area contributed by atoms with Gasteiger partial charge in [-0.3, -0.25) is 19.3 Å². The van der Waals surface area contributed by atoms with E-state index in [4.69, 9.17) is 0 Å². The van der Waals surface area contributed by atoms with Crippen LogP contribution in [0.15, 0.2) is 12.1 Å². The summed E-state index contributed by atoms with van der Waals surface area (Å²) >= 11 is 0. The third-order valence-corrected chi connectivity index (χ3v) is 4.14. The number of halogens is 1. The molecule has 1 N–H and O–H groups in total. The van der Waals surface area contributed by atoms with Crippen LogP contribution >= 0.6 is 0 Å². The van der Waals surface area contributed by atoms with Crippen LogP contribution in [0.1, 0.15) is 55.1 Å². The number of rotatable bonds is 7. The summed E-state index contributed by atoms with van der Waals surface area (Å²) in [6.07, 6.45) is 0.919. The highest BCUT2D eigenvalue weighted by Gasteiger charge is 2.31. The molecule has 0 fully saturated rings. The second kappa shape index (κ2) is 8.69. The molecule has 1 aromatic rings. The Morgan fingerprint density at radius 2 is 1.88 bits per heavy atom. The first-order chi connectivity index (χ1) is 12.1. The maximum absolute atomic E-state index is 14.3. The zero-order valence-corrected chi connectivity index (χ0v) is 15.8. The van der Waals surface area contributed by atoms with Crippen LogP contribution < -0.4 is 5.32 Å². The molecule has 0 aromatic heterocycles. The zero-order chi connectivity index (χ0) is 20.1. The van der Waals surface area contributed by atoms with E-state index in [2.05, 4.69) is 5.32 Å². The summed E-state index contributed by atoms with van der Waals surface area (Å²) in [7, 11) is 1.38. The normalized spacial score (nSPS) is 12.2. The van der Waals surface area contributed by atoms with Gasteiger partial charge < -0.3 is 10.1 Å². The van der Waals surface area contributed by atoms with Gasteiger partial charge in [0, 0.05) is 19.0 Å². The number of nitrogens with zero attached hydrogens (tertiary/aromatic N) is 1. The first-order valence-corrected chi connectivity index (χ1v) is 8.32. The lowest BCUT2D eigenvalue weighted by atomic mass is 9.84. The Kier molecular flexibility index (Phi) is 7.18. The molecule has 0 aliphatic carbocycles. The Morgan fingerprint density at radius 3 is 2.35 bits per heavy atom. The van der Waals surface area contributed by atoms with Gasteiger partial charge in [-0.1, -0.05) is 20.8 Å². The summed E-state index contributed by atoms with van der Waals surface area (Å²) in [6.45, 7) is 6.99. The summed E-state index contributed by atoms with van der Waals surface area (Å²) in [4.78, 5) is 48.0. The van der Waals surface area contributed by atoms with Gasteiger partial charge in [0.25, 0.3) is 5.91 Å². The second-order valence-electron chi connectivity index (χ2n) is 7.09. The predicted octanol–water partition coefficient (Wildman–Crippen LogP) is 2.12. The molecule has 0 radical (unpaired) electrons. The molecular formula is C19H25FN2O4. The highest BCUT2D eigenvalue weighted by atomic mass is 19.1. The molecule has 0 saturated heterocycles. The van der Waals surface area contributed by atoms with Crippen molar-refractivity contribution in [2.45, 2.75) is 52.0 Å². The number of amides is 3. The van der Waals surface area contributed by atoms with E-state index in [1.807, 2.05) is 20.8 Å². The smallest absolute Gasteiger partial charge is 0.261 e. The number of likely N-dealkylation sites (N-methyl/N-ethyl adjacent to an activating group) is 1. The minimum Gasteiger partial charge on any atom is -0.357 e. The van der Waals surface area contributed by atoms with Gasteiger partial charge in [0.1, 0.15) is 18.1 Å². The SMILES string of the molecule is CNC(=O)C(CCC=O)N(C=O)C(=O)c1cc(C(C)(C)C)c(F)cc1C. The lowest BCUT2D eigenvalue weighted by Gasteiger charge is -2.27. The van der Waals surface area contributed by atoms with Gasteiger partial charge in [0.15, 0.2) is 0 Å². The first-order valence-electron chi connectivity index (χ1n) is 8.32. The van der Waals surface area contributed by atoms with Gasteiger partial charge >= 0.3 is 0 Å². The number of imide groups is 1. The molecule has 142 valence electrons. The molecular weight excluding hydrogens is 339 g/mol. The number of carbonyl (C=O) groups excluding carboxylic acids is 4. The lowest BCUT2D eigenvalue weighted by molar-refractivity contribution is -0.131. The van der Waals surface area contributed by atoms with E-state index in [1.165, 1.54) is 19.2 Å². The van der Waals surface area contributed by atoms with Crippen LogP contribution in [0.3, 0.4) is 0 Å². The summed E-state index contributed by atoms with van der Waals surface area (Å²) in [6, 6.07) is 1.55. The summed E-state index contributed by atoms with van der Waals surface area (Å²) in [5, 5.41) is 2.39. The molecule has 0 saturated carbocycles. The zero-order valence-electron chi connectivity index (χ0n) is 15.8. The number of nitrogens with one attached hydrogen (secondary N) is 1. The summed E-state index contributed by atoms with van der Waals surface area (Å²) in [5.74, 6) is -1.70. The van der Waals surface area contributed by atoms with Crippen molar-refractivity contribution in [3.63, 3.8) is 0 Å². The monoisotopic (exact) mass is 364 g/mol. The molecule has 1 rings (SSSR count). The summed E-state index contributed by atoms with van der Waals surface area (Å²) < 4.78 is 14.3. The van der Waals surface area contributed by atoms with Crippen molar-refractivity contribution >= 4 is 24.5 Å². The average molecular weight is 364 g/mol. The molecule has 0 aliphatic rings. The minimum atomic E-state index is -1.11.